The molecule has 21 heavy (non-hydrogen) atoms. The van der Waals surface area contributed by atoms with Gasteiger partial charge in [-0.15, -0.1) is 0 Å². The maximum atomic E-state index is 5.86. The van der Waals surface area contributed by atoms with E-state index < -0.39 is 0 Å². The van der Waals surface area contributed by atoms with Crippen LogP contribution in [0.5, 0.6) is 5.75 Å². The van der Waals surface area contributed by atoms with E-state index in [-0.39, 0.29) is 0 Å². The first-order valence-corrected chi connectivity index (χ1v) is 7.54. The zero-order chi connectivity index (χ0) is 15.2. The highest BCUT2D eigenvalue weighted by molar-refractivity contribution is 7.80. The van der Waals surface area contributed by atoms with Crippen LogP contribution in [0.4, 0.5) is 0 Å². The number of rotatable bonds is 6. The van der Waals surface area contributed by atoms with Crippen LogP contribution in [0.1, 0.15) is 31.0 Å². The van der Waals surface area contributed by atoms with Crippen molar-refractivity contribution in [2.24, 2.45) is 5.73 Å². The number of thiocarbonyl (C=S) groups is 1. The predicted octanol–water partition coefficient (Wildman–Crippen LogP) is 3.87. The van der Waals surface area contributed by atoms with Crippen LogP contribution in [0.3, 0.4) is 0 Å². The molecule has 0 unspecified atom stereocenters. The van der Waals surface area contributed by atoms with Gasteiger partial charge >= 0.3 is 0 Å². The average Bonchev–Trinajstić information content (AvgIpc) is 2.47. The van der Waals surface area contributed by atoms with Crippen LogP contribution >= 0.6 is 12.2 Å². The van der Waals surface area contributed by atoms with Crippen LogP contribution < -0.4 is 10.5 Å². The molecule has 0 aliphatic rings. The van der Waals surface area contributed by atoms with E-state index in [0.29, 0.717) is 4.99 Å². The lowest BCUT2D eigenvalue weighted by atomic mass is 10.1. The summed E-state index contributed by atoms with van der Waals surface area (Å²) in [7, 11) is 0. The van der Waals surface area contributed by atoms with Gasteiger partial charge in [-0.2, -0.15) is 0 Å². The Morgan fingerprint density at radius 3 is 2.67 bits per heavy atom. The Labute approximate surface area is 131 Å². The Balaban J connectivity index is 2.33. The van der Waals surface area contributed by atoms with Crippen LogP contribution in [-0.2, 0) is 0 Å². The number of hydrogen-bond donors (Lipinski definition) is 1. The molecule has 0 aliphatic carbocycles. The number of pyridine rings is 1. The summed E-state index contributed by atoms with van der Waals surface area (Å²) in [5, 5.41) is 0. The van der Waals surface area contributed by atoms with Crippen molar-refractivity contribution in [1.82, 2.24) is 4.98 Å². The monoisotopic (exact) mass is 300 g/mol. The topological polar surface area (TPSA) is 48.1 Å². The highest BCUT2D eigenvalue weighted by atomic mass is 32.1. The van der Waals surface area contributed by atoms with Gasteiger partial charge in [0, 0.05) is 16.8 Å². The molecule has 0 fully saturated rings. The molecule has 2 aromatic rings. The van der Waals surface area contributed by atoms with Crippen LogP contribution in [0.15, 0.2) is 36.4 Å². The first kappa shape index (κ1) is 15.4. The van der Waals surface area contributed by atoms with Gasteiger partial charge in [0.25, 0.3) is 0 Å². The van der Waals surface area contributed by atoms with E-state index in [9.17, 15) is 0 Å². The number of benzene rings is 1. The standard InChI is InChI=1S/C17H20N2OS/c1-3-4-11-20-16-8-6-5-7-14(16)15-10-9-13(17(18)21)12(2)19-15/h5-10H,3-4,11H2,1-2H3,(H2,18,21). The minimum atomic E-state index is 0.374. The predicted molar refractivity (Wildman–Crippen MR) is 90.7 cm³/mol. The lowest BCUT2D eigenvalue weighted by Gasteiger charge is -2.12. The molecule has 0 bridgehead atoms. The summed E-state index contributed by atoms with van der Waals surface area (Å²) in [5.41, 5.74) is 9.20. The van der Waals surface area contributed by atoms with E-state index in [1.807, 2.05) is 43.3 Å². The number of nitrogens with two attached hydrogens (primary N) is 1. The van der Waals surface area contributed by atoms with E-state index in [1.54, 1.807) is 0 Å². The van der Waals surface area contributed by atoms with Gasteiger partial charge in [0.05, 0.1) is 12.3 Å². The van der Waals surface area contributed by atoms with Gasteiger partial charge < -0.3 is 10.5 Å². The fourth-order valence-electron chi connectivity index (χ4n) is 2.10. The molecule has 0 amide bonds. The molecule has 1 heterocycles. The second kappa shape index (κ2) is 7.18. The van der Waals surface area contributed by atoms with Crippen molar-refractivity contribution >= 4 is 17.2 Å². The Bertz CT molecular complexity index is 640. The minimum absolute atomic E-state index is 0.374. The molecule has 4 heteroatoms. The number of aromatic nitrogens is 1. The minimum Gasteiger partial charge on any atom is -0.493 e. The van der Waals surface area contributed by atoms with Crippen LogP contribution in [-0.4, -0.2) is 16.6 Å². The zero-order valence-electron chi connectivity index (χ0n) is 12.4. The Kier molecular flexibility index (Phi) is 5.28. The summed E-state index contributed by atoms with van der Waals surface area (Å²) < 4.78 is 5.86. The van der Waals surface area contributed by atoms with Crippen LogP contribution in [0, 0.1) is 6.92 Å². The Morgan fingerprint density at radius 1 is 1.24 bits per heavy atom. The van der Waals surface area contributed by atoms with E-state index in [4.69, 9.17) is 22.7 Å². The number of ether oxygens (including phenoxy) is 1. The third-order valence-corrected chi connectivity index (χ3v) is 3.49. The van der Waals surface area contributed by atoms with E-state index >= 15 is 0 Å². The maximum absolute atomic E-state index is 5.86. The highest BCUT2D eigenvalue weighted by Crippen LogP contribution is 2.29. The lowest BCUT2D eigenvalue weighted by Crippen LogP contribution is -2.12. The van der Waals surface area contributed by atoms with Gasteiger partial charge in [0.1, 0.15) is 10.7 Å². The van der Waals surface area contributed by atoms with E-state index in [1.165, 1.54) is 0 Å². The van der Waals surface area contributed by atoms with Crippen molar-refractivity contribution in [3.63, 3.8) is 0 Å². The summed E-state index contributed by atoms with van der Waals surface area (Å²) in [6, 6.07) is 11.8. The summed E-state index contributed by atoms with van der Waals surface area (Å²) in [6.45, 7) is 4.78. The number of unbranched alkanes of at least 4 members (excludes halogenated alkanes) is 1. The second-order valence-corrected chi connectivity index (χ2v) is 5.33. The lowest BCUT2D eigenvalue weighted by molar-refractivity contribution is 0.310. The molecule has 0 radical (unpaired) electrons. The van der Waals surface area contributed by atoms with Crippen molar-refractivity contribution in [2.75, 3.05) is 6.61 Å². The molecule has 0 saturated heterocycles. The quantitative estimate of drug-likeness (QED) is 0.650. The third kappa shape index (κ3) is 3.79. The smallest absolute Gasteiger partial charge is 0.128 e. The van der Waals surface area contributed by atoms with Gasteiger partial charge in [0.2, 0.25) is 0 Å². The van der Waals surface area contributed by atoms with Crippen molar-refractivity contribution in [3.8, 4) is 17.0 Å². The molecule has 110 valence electrons. The molecule has 2 rings (SSSR count). The van der Waals surface area contributed by atoms with Gasteiger partial charge in [-0.05, 0) is 37.6 Å². The van der Waals surface area contributed by atoms with Crippen molar-refractivity contribution in [1.29, 1.82) is 0 Å². The van der Waals surface area contributed by atoms with Crippen LogP contribution in [0.2, 0.25) is 0 Å². The van der Waals surface area contributed by atoms with Gasteiger partial charge in [-0.1, -0.05) is 37.7 Å². The largest absolute Gasteiger partial charge is 0.493 e. The number of nitrogens with zero attached hydrogens (tertiary/aromatic N) is 1. The normalized spacial score (nSPS) is 10.4. The first-order valence-electron chi connectivity index (χ1n) is 7.13. The average molecular weight is 300 g/mol. The highest BCUT2D eigenvalue weighted by Gasteiger charge is 2.10. The third-order valence-electron chi connectivity index (χ3n) is 3.27. The van der Waals surface area contributed by atoms with Crippen molar-refractivity contribution in [3.05, 3.63) is 47.7 Å². The zero-order valence-corrected chi connectivity index (χ0v) is 13.2. The number of hydrogen-bond acceptors (Lipinski definition) is 3. The van der Waals surface area contributed by atoms with E-state index in [0.717, 1.165) is 47.7 Å². The van der Waals surface area contributed by atoms with Gasteiger partial charge in [0.15, 0.2) is 0 Å². The van der Waals surface area contributed by atoms with Crippen molar-refractivity contribution < 1.29 is 4.74 Å². The van der Waals surface area contributed by atoms with E-state index in [2.05, 4.69) is 11.9 Å². The molecule has 1 aromatic carbocycles. The van der Waals surface area contributed by atoms with Crippen molar-refractivity contribution in [2.45, 2.75) is 26.7 Å². The molecule has 2 N–H and O–H groups in total. The maximum Gasteiger partial charge on any atom is 0.128 e. The second-order valence-electron chi connectivity index (χ2n) is 4.89. The van der Waals surface area contributed by atoms with Gasteiger partial charge in [-0.3, -0.25) is 4.98 Å². The molecule has 1 aromatic heterocycles. The molecule has 3 nitrogen and oxygen atoms in total. The fraction of sp³-hybridized carbons (Fsp3) is 0.294. The molecule has 0 spiro atoms. The molecule has 0 saturated carbocycles. The summed E-state index contributed by atoms with van der Waals surface area (Å²) in [5.74, 6) is 0.862. The SMILES string of the molecule is CCCCOc1ccccc1-c1ccc(C(N)=S)c(C)n1. The first-order chi connectivity index (χ1) is 10.1. The molecular weight excluding hydrogens is 280 g/mol. The summed E-state index contributed by atoms with van der Waals surface area (Å²) >= 11 is 5.02. The number of para-hydroxylation sites is 1. The number of aryl methyl sites for hydroxylation is 1. The summed E-state index contributed by atoms with van der Waals surface area (Å²) in [4.78, 5) is 4.98. The molecular formula is C17H20N2OS. The Hall–Kier alpha value is -1.94. The molecule has 0 atom stereocenters. The van der Waals surface area contributed by atoms with Crippen LogP contribution in [0.25, 0.3) is 11.3 Å². The Morgan fingerprint density at radius 2 is 2.00 bits per heavy atom. The summed E-state index contributed by atoms with van der Waals surface area (Å²) in [6.07, 6.45) is 2.16. The fourth-order valence-corrected chi connectivity index (χ4v) is 2.32. The molecule has 0 aliphatic heterocycles. The van der Waals surface area contributed by atoms with Gasteiger partial charge in [-0.25, -0.2) is 0 Å².